The number of piperidine rings is 1. The van der Waals surface area contributed by atoms with E-state index in [2.05, 4.69) is 17.1 Å². The van der Waals surface area contributed by atoms with Crippen molar-refractivity contribution < 1.29 is 9.18 Å². The van der Waals surface area contributed by atoms with Crippen LogP contribution in [-0.4, -0.2) is 30.4 Å². The number of likely N-dealkylation sites (tertiary alicyclic amines) is 1. The second-order valence-electron chi connectivity index (χ2n) is 5.90. The van der Waals surface area contributed by atoms with Gasteiger partial charge in [0.05, 0.1) is 0 Å². The average molecular weight is 327 g/mol. The molecule has 1 fully saturated rings. The van der Waals surface area contributed by atoms with E-state index in [4.69, 9.17) is 11.6 Å². The second-order valence-corrected chi connectivity index (χ2v) is 6.30. The highest BCUT2D eigenvalue weighted by Crippen LogP contribution is 2.24. The van der Waals surface area contributed by atoms with Crippen LogP contribution in [0.25, 0.3) is 0 Å². The molecule has 1 N–H and O–H groups in total. The minimum absolute atomic E-state index is 0.0872. The zero-order chi connectivity index (χ0) is 15.9. The molecule has 0 saturated carbocycles. The maximum Gasteiger partial charge on any atom is 0.223 e. The number of nitrogens with one attached hydrogen (secondary N) is 1. The summed E-state index contributed by atoms with van der Waals surface area (Å²) < 4.78 is 13.8. The summed E-state index contributed by atoms with van der Waals surface area (Å²) in [6, 6.07) is 4.77. The highest BCUT2D eigenvalue weighted by molar-refractivity contribution is 6.31. The molecule has 0 spiro atoms. The van der Waals surface area contributed by atoms with Crippen molar-refractivity contribution in [3.05, 3.63) is 34.6 Å². The molecule has 22 heavy (non-hydrogen) atoms. The molecule has 5 heteroatoms. The molecule has 1 aliphatic heterocycles. The summed E-state index contributed by atoms with van der Waals surface area (Å²) in [5.41, 5.74) is 0.551. The van der Waals surface area contributed by atoms with Crippen molar-refractivity contribution in [1.82, 2.24) is 10.2 Å². The number of benzene rings is 1. The van der Waals surface area contributed by atoms with Crippen molar-refractivity contribution in [2.45, 2.75) is 39.2 Å². The van der Waals surface area contributed by atoms with E-state index in [1.165, 1.54) is 6.07 Å². The lowest BCUT2D eigenvalue weighted by molar-refractivity contribution is -0.126. The summed E-state index contributed by atoms with van der Waals surface area (Å²) >= 11 is 6.07. The molecule has 0 bridgehead atoms. The van der Waals surface area contributed by atoms with Crippen LogP contribution >= 0.6 is 11.6 Å². The predicted molar refractivity (Wildman–Crippen MR) is 87.3 cm³/mol. The van der Waals surface area contributed by atoms with Gasteiger partial charge in [-0.25, -0.2) is 4.39 Å². The Morgan fingerprint density at radius 3 is 2.77 bits per heavy atom. The lowest BCUT2D eigenvalue weighted by atomic mass is 9.95. The molecule has 1 aromatic carbocycles. The molecular formula is C17H24ClFN2O. The summed E-state index contributed by atoms with van der Waals surface area (Å²) in [6.45, 7) is 4.99. The van der Waals surface area contributed by atoms with Crippen LogP contribution in [0.3, 0.4) is 0 Å². The molecule has 2 rings (SSSR count). The number of amides is 1. The Balaban J connectivity index is 1.81. The Hall–Kier alpha value is -1.13. The number of rotatable bonds is 6. The Morgan fingerprint density at radius 1 is 1.41 bits per heavy atom. The SMILES string of the molecule is CCCCNC(=O)C1CCN(Cc2c(F)cccc2Cl)CC1. The Bertz CT molecular complexity index is 481. The minimum atomic E-state index is -0.257. The maximum atomic E-state index is 13.8. The van der Waals surface area contributed by atoms with Crippen LogP contribution in [0.1, 0.15) is 38.2 Å². The van der Waals surface area contributed by atoms with Crippen molar-refractivity contribution in [2.24, 2.45) is 5.92 Å². The third kappa shape index (κ3) is 4.68. The molecule has 0 atom stereocenters. The monoisotopic (exact) mass is 326 g/mol. The smallest absolute Gasteiger partial charge is 0.223 e. The summed E-state index contributed by atoms with van der Waals surface area (Å²) in [6.07, 6.45) is 3.76. The average Bonchev–Trinajstić information content (AvgIpc) is 2.52. The predicted octanol–water partition coefficient (Wildman–Crippen LogP) is 3.61. The second kappa shape index (κ2) is 8.49. The third-order valence-electron chi connectivity index (χ3n) is 4.23. The summed E-state index contributed by atoms with van der Waals surface area (Å²) in [5.74, 6) is -0.00634. The molecule has 0 aromatic heterocycles. The maximum absolute atomic E-state index is 13.8. The number of halogens is 2. The molecule has 0 aliphatic carbocycles. The van der Waals surface area contributed by atoms with E-state index in [1.807, 2.05) is 0 Å². The quantitative estimate of drug-likeness (QED) is 0.810. The van der Waals surface area contributed by atoms with Gasteiger partial charge in [0.15, 0.2) is 0 Å². The third-order valence-corrected chi connectivity index (χ3v) is 4.59. The Morgan fingerprint density at radius 2 is 2.14 bits per heavy atom. The highest BCUT2D eigenvalue weighted by Gasteiger charge is 2.25. The van der Waals surface area contributed by atoms with Crippen LogP contribution in [-0.2, 0) is 11.3 Å². The van der Waals surface area contributed by atoms with Gasteiger partial charge in [-0.3, -0.25) is 9.69 Å². The van der Waals surface area contributed by atoms with E-state index < -0.39 is 0 Å². The van der Waals surface area contributed by atoms with Crippen molar-refractivity contribution in [3.63, 3.8) is 0 Å². The summed E-state index contributed by atoms with van der Waals surface area (Å²) in [7, 11) is 0. The van der Waals surface area contributed by atoms with Crippen LogP contribution < -0.4 is 5.32 Å². The molecule has 1 aliphatic rings. The number of carbonyl (C=O) groups excluding carboxylic acids is 1. The molecule has 1 heterocycles. The van der Waals surface area contributed by atoms with Gasteiger partial charge in [0.1, 0.15) is 5.82 Å². The molecule has 3 nitrogen and oxygen atoms in total. The molecular weight excluding hydrogens is 303 g/mol. The topological polar surface area (TPSA) is 32.3 Å². The van der Waals surface area contributed by atoms with Gasteiger partial charge >= 0.3 is 0 Å². The van der Waals surface area contributed by atoms with Gasteiger partial charge in [0, 0.05) is 29.6 Å². The van der Waals surface area contributed by atoms with Crippen LogP contribution in [0.5, 0.6) is 0 Å². The van der Waals surface area contributed by atoms with Crippen molar-refractivity contribution in [1.29, 1.82) is 0 Å². The number of carbonyl (C=O) groups is 1. The van der Waals surface area contributed by atoms with Gasteiger partial charge in [0.2, 0.25) is 5.91 Å². The van der Waals surface area contributed by atoms with Gasteiger partial charge in [-0.1, -0.05) is 31.0 Å². The summed E-state index contributed by atoms with van der Waals surface area (Å²) in [5, 5.41) is 3.47. The normalized spacial score (nSPS) is 16.7. The van der Waals surface area contributed by atoms with E-state index in [1.54, 1.807) is 12.1 Å². The lowest BCUT2D eigenvalue weighted by Gasteiger charge is -2.31. The highest BCUT2D eigenvalue weighted by atomic mass is 35.5. The van der Waals surface area contributed by atoms with E-state index >= 15 is 0 Å². The number of unbranched alkanes of at least 4 members (excludes halogenated alkanes) is 1. The Kier molecular flexibility index (Phi) is 6.65. The molecule has 1 amide bonds. The number of hydrogen-bond acceptors (Lipinski definition) is 2. The van der Waals surface area contributed by atoms with Crippen LogP contribution in [0.2, 0.25) is 5.02 Å². The molecule has 1 saturated heterocycles. The minimum Gasteiger partial charge on any atom is -0.356 e. The fourth-order valence-electron chi connectivity index (χ4n) is 2.79. The fourth-order valence-corrected chi connectivity index (χ4v) is 3.02. The van der Waals surface area contributed by atoms with E-state index in [0.29, 0.717) is 17.1 Å². The Labute approximate surface area is 136 Å². The van der Waals surface area contributed by atoms with Gasteiger partial charge in [-0.15, -0.1) is 0 Å². The van der Waals surface area contributed by atoms with Gasteiger partial charge in [-0.05, 0) is 44.5 Å². The van der Waals surface area contributed by atoms with E-state index in [9.17, 15) is 9.18 Å². The van der Waals surface area contributed by atoms with Crippen molar-refractivity contribution in [2.75, 3.05) is 19.6 Å². The van der Waals surface area contributed by atoms with Gasteiger partial charge in [-0.2, -0.15) is 0 Å². The molecule has 122 valence electrons. The lowest BCUT2D eigenvalue weighted by Crippen LogP contribution is -2.40. The van der Waals surface area contributed by atoms with Crippen LogP contribution in [0.4, 0.5) is 4.39 Å². The first-order chi connectivity index (χ1) is 10.6. The molecule has 0 radical (unpaired) electrons. The largest absolute Gasteiger partial charge is 0.356 e. The first-order valence-electron chi connectivity index (χ1n) is 8.04. The van der Waals surface area contributed by atoms with Crippen molar-refractivity contribution >= 4 is 17.5 Å². The number of hydrogen-bond donors (Lipinski definition) is 1. The van der Waals surface area contributed by atoms with Gasteiger partial charge in [0.25, 0.3) is 0 Å². The van der Waals surface area contributed by atoms with E-state index in [-0.39, 0.29) is 17.6 Å². The first kappa shape index (κ1) is 17.2. The van der Waals surface area contributed by atoms with Gasteiger partial charge < -0.3 is 5.32 Å². The standard InChI is InChI=1S/C17H24ClFN2O/c1-2-3-9-20-17(22)13-7-10-21(11-8-13)12-14-15(18)5-4-6-16(14)19/h4-6,13H,2-3,7-12H2,1H3,(H,20,22). The molecule has 1 aromatic rings. The van der Waals surface area contributed by atoms with Crippen molar-refractivity contribution in [3.8, 4) is 0 Å². The zero-order valence-corrected chi connectivity index (χ0v) is 13.8. The molecule has 0 unspecified atom stereocenters. The van der Waals surface area contributed by atoms with E-state index in [0.717, 1.165) is 45.3 Å². The zero-order valence-electron chi connectivity index (χ0n) is 13.1. The number of nitrogens with zero attached hydrogens (tertiary/aromatic N) is 1. The van der Waals surface area contributed by atoms with Crippen LogP contribution in [0.15, 0.2) is 18.2 Å². The fraction of sp³-hybridized carbons (Fsp3) is 0.588. The van der Waals surface area contributed by atoms with Crippen LogP contribution in [0, 0.1) is 11.7 Å². The first-order valence-corrected chi connectivity index (χ1v) is 8.42. The summed E-state index contributed by atoms with van der Waals surface area (Å²) in [4.78, 5) is 14.2.